The fourth-order valence-corrected chi connectivity index (χ4v) is 4.12. The van der Waals surface area contributed by atoms with Crippen molar-refractivity contribution in [2.45, 2.75) is 33.4 Å². The van der Waals surface area contributed by atoms with Gasteiger partial charge in [0.05, 0.1) is 0 Å². The van der Waals surface area contributed by atoms with Crippen LogP contribution in [0.2, 0.25) is 0 Å². The smallest absolute Gasteiger partial charge is 0.265 e. The van der Waals surface area contributed by atoms with Gasteiger partial charge >= 0.3 is 0 Å². The molecule has 1 atom stereocenters. The predicted octanol–water partition coefficient (Wildman–Crippen LogP) is 5.74. The summed E-state index contributed by atoms with van der Waals surface area (Å²) in [6.07, 6.45) is -0.700. The van der Waals surface area contributed by atoms with Gasteiger partial charge in [-0.25, -0.2) is 0 Å². The maximum absolute atomic E-state index is 12.8. The molecule has 0 aliphatic rings. The minimum absolute atomic E-state index is 0.115. The molecule has 0 heterocycles. The van der Waals surface area contributed by atoms with Gasteiger partial charge in [-0.2, -0.15) is 0 Å². The molecule has 0 radical (unpaired) electrons. The van der Waals surface area contributed by atoms with E-state index in [-0.39, 0.29) is 11.8 Å². The van der Waals surface area contributed by atoms with E-state index < -0.39 is 6.10 Å². The fraction of sp³-hybridized carbons (Fsp3) is 0.231. The van der Waals surface area contributed by atoms with Crippen molar-refractivity contribution in [2.24, 2.45) is 0 Å². The molecule has 32 heavy (non-hydrogen) atoms. The Kier molecular flexibility index (Phi) is 7.70. The van der Waals surface area contributed by atoms with E-state index >= 15 is 0 Å². The monoisotopic (exact) mass is 494 g/mol. The van der Waals surface area contributed by atoms with Gasteiger partial charge in [0.1, 0.15) is 5.75 Å². The summed E-state index contributed by atoms with van der Waals surface area (Å²) >= 11 is 3.47. The summed E-state index contributed by atoms with van der Waals surface area (Å²) in [6.45, 7) is 6.10. The standard InChI is InChI=1S/C26H27BrN2O3/c1-17-13-22(27)14-18(2)24(17)32-19(3)25(30)28-23-12-8-11-21(15-23)26(31)29(4)16-20-9-6-5-7-10-20/h5-15,19H,16H2,1-4H3,(H,28,30). The number of nitrogens with zero attached hydrogens (tertiary/aromatic N) is 1. The number of aryl methyl sites for hydroxylation is 2. The highest BCUT2D eigenvalue weighted by molar-refractivity contribution is 9.10. The predicted molar refractivity (Wildman–Crippen MR) is 131 cm³/mol. The highest BCUT2D eigenvalue weighted by Crippen LogP contribution is 2.28. The average Bonchev–Trinajstić information content (AvgIpc) is 2.76. The van der Waals surface area contributed by atoms with Crippen LogP contribution in [0.3, 0.4) is 0 Å². The molecule has 3 aromatic rings. The molecule has 5 nitrogen and oxygen atoms in total. The van der Waals surface area contributed by atoms with Crippen LogP contribution >= 0.6 is 15.9 Å². The lowest BCUT2D eigenvalue weighted by Gasteiger charge is -2.19. The second-order valence-corrected chi connectivity index (χ2v) is 8.76. The number of nitrogens with one attached hydrogen (secondary N) is 1. The number of rotatable bonds is 7. The van der Waals surface area contributed by atoms with E-state index in [1.54, 1.807) is 43.1 Å². The van der Waals surface area contributed by atoms with Crippen molar-refractivity contribution >= 4 is 33.4 Å². The highest BCUT2D eigenvalue weighted by atomic mass is 79.9. The van der Waals surface area contributed by atoms with Crippen molar-refractivity contribution < 1.29 is 14.3 Å². The number of halogens is 1. The maximum atomic E-state index is 12.8. The van der Waals surface area contributed by atoms with Crippen molar-refractivity contribution in [1.82, 2.24) is 4.90 Å². The Morgan fingerprint density at radius 1 is 1.00 bits per heavy atom. The molecule has 0 aromatic heterocycles. The lowest BCUT2D eigenvalue weighted by atomic mass is 10.1. The number of hydrogen-bond donors (Lipinski definition) is 1. The molecule has 6 heteroatoms. The Labute approximate surface area is 197 Å². The topological polar surface area (TPSA) is 58.6 Å². The summed E-state index contributed by atoms with van der Waals surface area (Å²) in [5.74, 6) is 0.298. The summed E-state index contributed by atoms with van der Waals surface area (Å²) < 4.78 is 6.91. The van der Waals surface area contributed by atoms with Gasteiger partial charge in [-0.1, -0.05) is 52.3 Å². The number of anilines is 1. The molecule has 1 unspecified atom stereocenters. The van der Waals surface area contributed by atoms with E-state index in [9.17, 15) is 9.59 Å². The summed E-state index contributed by atoms with van der Waals surface area (Å²) in [4.78, 5) is 27.2. The van der Waals surface area contributed by atoms with Gasteiger partial charge in [-0.05, 0) is 67.8 Å². The molecule has 0 aliphatic carbocycles. The van der Waals surface area contributed by atoms with E-state index in [2.05, 4.69) is 21.2 Å². The van der Waals surface area contributed by atoms with Gasteiger partial charge < -0.3 is 15.0 Å². The Morgan fingerprint density at radius 2 is 1.66 bits per heavy atom. The average molecular weight is 495 g/mol. The van der Waals surface area contributed by atoms with E-state index in [0.29, 0.717) is 23.5 Å². The van der Waals surface area contributed by atoms with Crippen LogP contribution in [0.15, 0.2) is 71.2 Å². The zero-order valence-electron chi connectivity index (χ0n) is 18.7. The third-order valence-electron chi connectivity index (χ3n) is 5.08. The lowest BCUT2D eigenvalue weighted by Crippen LogP contribution is -2.31. The quantitative estimate of drug-likeness (QED) is 0.455. The van der Waals surface area contributed by atoms with Crippen LogP contribution in [0, 0.1) is 13.8 Å². The first kappa shape index (κ1) is 23.5. The van der Waals surface area contributed by atoms with Crippen LogP contribution in [0.4, 0.5) is 5.69 Å². The van der Waals surface area contributed by atoms with Crippen molar-refractivity contribution in [3.05, 3.63) is 93.5 Å². The molecular formula is C26H27BrN2O3. The summed E-state index contributed by atoms with van der Waals surface area (Å²) in [5.41, 5.74) is 4.01. The number of benzene rings is 3. The van der Waals surface area contributed by atoms with E-state index in [1.807, 2.05) is 56.3 Å². The molecule has 3 aromatic carbocycles. The molecule has 3 rings (SSSR count). The van der Waals surface area contributed by atoms with Crippen molar-refractivity contribution in [2.75, 3.05) is 12.4 Å². The Morgan fingerprint density at radius 3 is 2.31 bits per heavy atom. The van der Waals surface area contributed by atoms with Gasteiger partial charge in [0.15, 0.2) is 6.10 Å². The second-order valence-electron chi connectivity index (χ2n) is 7.85. The molecular weight excluding hydrogens is 468 g/mol. The van der Waals surface area contributed by atoms with Gasteiger partial charge in [0.2, 0.25) is 0 Å². The number of carbonyl (C=O) groups excluding carboxylic acids is 2. The zero-order chi connectivity index (χ0) is 23.3. The molecule has 166 valence electrons. The minimum atomic E-state index is -0.700. The first-order chi connectivity index (χ1) is 15.2. The summed E-state index contributed by atoms with van der Waals surface area (Å²) in [7, 11) is 1.76. The third-order valence-corrected chi connectivity index (χ3v) is 5.53. The number of carbonyl (C=O) groups is 2. The summed E-state index contributed by atoms with van der Waals surface area (Å²) in [6, 6.07) is 20.7. The fourth-order valence-electron chi connectivity index (χ4n) is 3.44. The molecule has 1 N–H and O–H groups in total. The number of amides is 2. The number of hydrogen-bond acceptors (Lipinski definition) is 3. The van der Waals surface area contributed by atoms with Gasteiger partial charge in [-0.15, -0.1) is 0 Å². The Hall–Kier alpha value is -3.12. The van der Waals surface area contributed by atoms with Crippen molar-refractivity contribution in [3.63, 3.8) is 0 Å². The highest BCUT2D eigenvalue weighted by Gasteiger charge is 2.19. The maximum Gasteiger partial charge on any atom is 0.265 e. The van der Waals surface area contributed by atoms with Crippen LogP contribution < -0.4 is 10.1 Å². The van der Waals surface area contributed by atoms with E-state index in [1.165, 1.54) is 0 Å². The van der Waals surface area contributed by atoms with E-state index in [4.69, 9.17) is 4.74 Å². The van der Waals surface area contributed by atoms with Gasteiger partial charge in [0, 0.05) is 29.3 Å². The molecule has 0 bridgehead atoms. The summed E-state index contributed by atoms with van der Waals surface area (Å²) in [5, 5.41) is 2.85. The molecule has 0 saturated heterocycles. The molecule has 0 saturated carbocycles. The first-order valence-corrected chi connectivity index (χ1v) is 11.2. The van der Waals surface area contributed by atoms with Crippen LogP contribution in [-0.4, -0.2) is 29.9 Å². The molecule has 0 aliphatic heterocycles. The van der Waals surface area contributed by atoms with Crippen LogP contribution in [0.1, 0.15) is 34.0 Å². The second kappa shape index (κ2) is 10.5. The van der Waals surface area contributed by atoms with Crippen molar-refractivity contribution in [3.8, 4) is 5.75 Å². The van der Waals surface area contributed by atoms with Crippen LogP contribution in [0.25, 0.3) is 0 Å². The third kappa shape index (κ3) is 5.98. The minimum Gasteiger partial charge on any atom is -0.480 e. The Bertz CT molecular complexity index is 1090. The molecule has 2 amide bonds. The largest absolute Gasteiger partial charge is 0.480 e. The van der Waals surface area contributed by atoms with Crippen LogP contribution in [-0.2, 0) is 11.3 Å². The van der Waals surface area contributed by atoms with Crippen LogP contribution in [0.5, 0.6) is 5.75 Å². The first-order valence-electron chi connectivity index (χ1n) is 10.4. The van der Waals surface area contributed by atoms with Gasteiger partial charge in [-0.3, -0.25) is 9.59 Å². The van der Waals surface area contributed by atoms with Gasteiger partial charge in [0.25, 0.3) is 11.8 Å². The lowest BCUT2D eigenvalue weighted by molar-refractivity contribution is -0.122. The zero-order valence-corrected chi connectivity index (χ0v) is 20.3. The molecule has 0 spiro atoms. The molecule has 0 fully saturated rings. The normalized spacial score (nSPS) is 11.5. The van der Waals surface area contributed by atoms with E-state index in [0.717, 1.165) is 21.2 Å². The Balaban J connectivity index is 1.66. The SMILES string of the molecule is Cc1cc(Br)cc(C)c1OC(C)C(=O)Nc1cccc(C(=O)N(C)Cc2ccccc2)c1. The number of ether oxygens (including phenoxy) is 1. The van der Waals surface area contributed by atoms with Crippen molar-refractivity contribution in [1.29, 1.82) is 0 Å².